The fraction of sp³-hybridized carbons (Fsp3) is 0.0435. The molecule has 0 unspecified atom stereocenters. The number of alkyl halides is 2. The van der Waals surface area contributed by atoms with E-state index in [0.717, 1.165) is 0 Å². The van der Waals surface area contributed by atoms with Crippen molar-refractivity contribution in [3.8, 4) is 17.2 Å². The molecule has 0 amide bonds. The van der Waals surface area contributed by atoms with Crippen molar-refractivity contribution < 1.29 is 27.8 Å². The number of rotatable bonds is 6. The second kappa shape index (κ2) is 8.57. The number of carbonyl (C=O) groups is 1. The molecule has 0 atom stereocenters. The Bertz CT molecular complexity index is 1110. The van der Waals surface area contributed by atoms with E-state index in [-0.39, 0.29) is 17.3 Å². The number of cyclic esters (lactones) is 1. The summed E-state index contributed by atoms with van der Waals surface area (Å²) in [7, 11) is 0. The highest BCUT2D eigenvalue weighted by Gasteiger charge is 2.24. The fourth-order valence-electron chi connectivity index (χ4n) is 2.77. The summed E-state index contributed by atoms with van der Waals surface area (Å²) in [5.41, 5.74) is 0.852. The molecular weight excluding hydrogens is 392 g/mol. The van der Waals surface area contributed by atoms with E-state index < -0.39 is 12.6 Å². The predicted octanol–water partition coefficient (Wildman–Crippen LogP) is 5.42. The molecule has 3 aromatic rings. The molecule has 0 saturated carbocycles. The zero-order valence-electron chi connectivity index (χ0n) is 15.5. The van der Waals surface area contributed by atoms with Gasteiger partial charge < -0.3 is 14.2 Å². The third kappa shape index (κ3) is 4.52. The average Bonchev–Trinajstić information content (AvgIpc) is 3.11. The van der Waals surface area contributed by atoms with Crippen LogP contribution in [0.15, 0.2) is 89.6 Å². The van der Waals surface area contributed by atoms with Gasteiger partial charge in [0, 0.05) is 11.1 Å². The SMILES string of the molecule is O=C1OC(c2ccc(Oc3ccccc3)cc2)=NC1=Cc1ccccc1OC(F)F. The lowest BCUT2D eigenvalue weighted by atomic mass is 10.1. The number of benzene rings is 3. The first-order valence-electron chi connectivity index (χ1n) is 8.98. The first kappa shape index (κ1) is 19.3. The Morgan fingerprint density at radius 1 is 0.867 bits per heavy atom. The van der Waals surface area contributed by atoms with Gasteiger partial charge >= 0.3 is 12.6 Å². The molecule has 0 aromatic heterocycles. The normalized spacial score (nSPS) is 14.6. The second-order valence-electron chi connectivity index (χ2n) is 6.19. The summed E-state index contributed by atoms with van der Waals surface area (Å²) >= 11 is 0. The largest absolute Gasteiger partial charge is 0.457 e. The molecule has 0 spiro atoms. The van der Waals surface area contributed by atoms with E-state index in [1.807, 2.05) is 30.3 Å². The van der Waals surface area contributed by atoms with Gasteiger partial charge in [-0.2, -0.15) is 8.78 Å². The van der Waals surface area contributed by atoms with Crippen LogP contribution in [0.25, 0.3) is 6.08 Å². The van der Waals surface area contributed by atoms with E-state index in [4.69, 9.17) is 9.47 Å². The Balaban J connectivity index is 1.55. The van der Waals surface area contributed by atoms with E-state index in [0.29, 0.717) is 22.6 Å². The van der Waals surface area contributed by atoms with Gasteiger partial charge in [0.1, 0.15) is 17.2 Å². The maximum Gasteiger partial charge on any atom is 0.387 e. The van der Waals surface area contributed by atoms with E-state index in [2.05, 4.69) is 9.73 Å². The van der Waals surface area contributed by atoms with Crippen molar-refractivity contribution in [2.24, 2.45) is 4.99 Å². The molecule has 4 rings (SSSR count). The Hall–Kier alpha value is -4.00. The molecule has 0 bridgehead atoms. The molecule has 1 heterocycles. The third-order valence-corrected chi connectivity index (χ3v) is 4.13. The van der Waals surface area contributed by atoms with Crippen LogP contribution >= 0.6 is 0 Å². The molecular formula is C23H15F2NO4. The maximum absolute atomic E-state index is 12.6. The van der Waals surface area contributed by atoms with Crippen molar-refractivity contribution in [2.75, 3.05) is 0 Å². The topological polar surface area (TPSA) is 57.1 Å². The molecule has 30 heavy (non-hydrogen) atoms. The summed E-state index contributed by atoms with van der Waals surface area (Å²) in [5.74, 6) is 0.693. The standard InChI is InChI=1S/C23H15F2NO4/c24-23(25)29-20-9-5-4-6-16(20)14-19-22(27)30-21(26-19)15-10-12-18(13-11-15)28-17-7-2-1-3-8-17/h1-14,23H. The molecule has 0 saturated heterocycles. The van der Waals surface area contributed by atoms with Crippen LogP contribution in [0.1, 0.15) is 11.1 Å². The summed E-state index contributed by atoms with van der Waals surface area (Å²) in [6.45, 7) is -2.98. The van der Waals surface area contributed by atoms with E-state index >= 15 is 0 Å². The molecule has 0 aliphatic carbocycles. The Morgan fingerprint density at radius 3 is 2.27 bits per heavy atom. The number of halogens is 2. The van der Waals surface area contributed by atoms with Crippen molar-refractivity contribution in [1.29, 1.82) is 0 Å². The number of nitrogens with zero attached hydrogens (tertiary/aromatic N) is 1. The van der Waals surface area contributed by atoms with Gasteiger partial charge in [-0.25, -0.2) is 9.79 Å². The van der Waals surface area contributed by atoms with Gasteiger partial charge in [0.25, 0.3) is 0 Å². The predicted molar refractivity (Wildman–Crippen MR) is 107 cm³/mol. The molecule has 0 radical (unpaired) electrons. The summed E-state index contributed by atoms with van der Waals surface area (Å²) < 4.78 is 40.6. The van der Waals surface area contributed by atoms with Crippen LogP contribution in [0, 0.1) is 0 Å². The van der Waals surface area contributed by atoms with Gasteiger partial charge in [0.2, 0.25) is 5.90 Å². The van der Waals surface area contributed by atoms with Crippen LogP contribution in [0.4, 0.5) is 8.78 Å². The summed E-state index contributed by atoms with van der Waals surface area (Å²) in [6, 6.07) is 22.3. The van der Waals surface area contributed by atoms with Crippen molar-refractivity contribution in [2.45, 2.75) is 6.61 Å². The molecule has 1 aliphatic heterocycles. The van der Waals surface area contributed by atoms with Crippen LogP contribution in [-0.2, 0) is 9.53 Å². The Kier molecular flexibility index (Phi) is 5.52. The molecule has 0 N–H and O–H groups in total. The smallest absolute Gasteiger partial charge is 0.387 e. The molecule has 0 fully saturated rings. The second-order valence-corrected chi connectivity index (χ2v) is 6.19. The summed E-state index contributed by atoms with van der Waals surface area (Å²) in [6.07, 6.45) is 1.35. The molecule has 3 aromatic carbocycles. The van der Waals surface area contributed by atoms with Crippen LogP contribution < -0.4 is 9.47 Å². The number of esters is 1. The average molecular weight is 407 g/mol. The Morgan fingerprint density at radius 2 is 1.53 bits per heavy atom. The van der Waals surface area contributed by atoms with Gasteiger partial charge in [0.05, 0.1) is 0 Å². The zero-order valence-corrected chi connectivity index (χ0v) is 15.5. The maximum atomic E-state index is 12.6. The van der Waals surface area contributed by atoms with Crippen LogP contribution in [0.3, 0.4) is 0 Å². The summed E-state index contributed by atoms with van der Waals surface area (Å²) in [4.78, 5) is 16.4. The minimum absolute atomic E-state index is 0.0140. The zero-order chi connectivity index (χ0) is 20.9. The third-order valence-electron chi connectivity index (χ3n) is 4.13. The van der Waals surface area contributed by atoms with E-state index in [9.17, 15) is 13.6 Å². The van der Waals surface area contributed by atoms with Gasteiger partial charge in [-0.05, 0) is 48.5 Å². The van der Waals surface area contributed by atoms with Crippen molar-refractivity contribution in [3.05, 3.63) is 95.7 Å². The Labute approximate surface area is 170 Å². The van der Waals surface area contributed by atoms with E-state index in [1.54, 1.807) is 42.5 Å². The number of hydrogen-bond donors (Lipinski definition) is 0. The van der Waals surface area contributed by atoms with Crippen LogP contribution in [0.5, 0.6) is 17.2 Å². The van der Waals surface area contributed by atoms with Crippen molar-refractivity contribution >= 4 is 17.9 Å². The van der Waals surface area contributed by atoms with Gasteiger partial charge in [0.15, 0.2) is 5.70 Å². The highest BCUT2D eigenvalue weighted by Crippen LogP contribution is 2.27. The first-order valence-corrected chi connectivity index (χ1v) is 8.98. The summed E-state index contributed by atoms with van der Waals surface area (Å²) in [5, 5.41) is 0. The molecule has 150 valence electrons. The van der Waals surface area contributed by atoms with Crippen LogP contribution in [0.2, 0.25) is 0 Å². The monoisotopic (exact) mass is 407 g/mol. The minimum Gasteiger partial charge on any atom is -0.457 e. The number of ether oxygens (including phenoxy) is 3. The molecule has 5 nitrogen and oxygen atoms in total. The highest BCUT2D eigenvalue weighted by atomic mass is 19.3. The number of hydrogen-bond acceptors (Lipinski definition) is 5. The number of carbonyl (C=O) groups excluding carboxylic acids is 1. The van der Waals surface area contributed by atoms with Crippen molar-refractivity contribution in [1.82, 2.24) is 0 Å². The number of para-hydroxylation sites is 2. The molecule has 7 heteroatoms. The highest BCUT2D eigenvalue weighted by molar-refractivity contribution is 6.13. The number of aliphatic imine (C=N–C) groups is 1. The lowest BCUT2D eigenvalue weighted by Crippen LogP contribution is -2.05. The lowest BCUT2D eigenvalue weighted by Gasteiger charge is -2.07. The van der Waals surface area contributed by atoms with Crippen LogP contribution in [-0.4, -0.2) is 18.5 Å². The first-order chi connectivity index (χ1) is 14.6. The lowest BCUT2D eigenvalue weighted by molar-refractivity contribution is -0.129. The van der Waals surface area contributed by atoms with Gasteiger partial charge in [-0.1, -0.05) is 36.4 Å². The molecule has 1 aliphatic rings. The van der Waals surface area contributed by atoms with Gasteiger partial charge in [-0.3, -0.25) is 0 Å². The van der Waals surface area contributed by atoms with Gasteiger partial charge in [-0.15, -0.1) is 0 Å². The minimum atomic E-state index is -2.98. The quantitative estimate of drug-likeness (QED) is 0.404. The fourth-order valence-corrected chi connectivity index (χ4v) is 2.77. The van der Waals surface area contributed by atoms with Crippen molar-refractivity contribution in [3.63, 3.8) is 0 Å². The van der Waals surface area contributed by atoms with E-state index in [1.165, 1.54) is 12.1 Å².